The molecule has 0 radical (unpaired) electrons. The number of para-hydroxylation sites is 1. The number of aryl methyl sites for hydroxylation is 1. The van der Waals surface area contributed by atoms with Crippen LogP contribution in [-0.4, -0.2) is 104 Å². The minimum Gasteiger partial charge on any atom is -0.497 e. The molecule has 1 aromatic heterocycles. The Balaban J connectivity index is 0.000000778. The smallest absolute Gasteiger partial charge is 0.246 e. The molecule has 64 heavy (non-hydrogen) atoms. The molecular formula is C46H63N11O7. The zero-order valence-corrected chi connectivity index (χ0v) is 36.9. The minimum atomic E-state index is -1.31. The number of ether oxygens (including phenoxy) is 1. The van der Waals surface area contributed by atoms with E-state index in [1.54, 1.807) is 19.2 Å². The highest BCUT2D eigenvalue weighted by molar-refractivity contribution is 5.97. The van der Waals surface area contributed by atoms with Crippen LogP contribution in [-0.2, 0) is 35.2 Å². The first-order chi connectivity index (χ1) is 30.7. The number of H-pyrrole nitrogens is 1. The van der Waals surface area contributed by atoms with Crippen molar-refractivity contribution in [3.63, 3.8) is 0 Å². The van der Waals surface area contributed by atoms with Gasteiger partial charge in [-0.3, -0.25) is 33.8 Å². The van der Waals surface area contributed by atoms with Gasteiger partial charge in [0.25, 0.3) is 0 Å². The number of hydrogen-bond donors (Lipinski definition) is 9. The SMILES string of the molecule is CCCCC(=O)NC1(C(=O)NC(Cc2ccccc2)C(=O)NC(CCCN=C(N)N)C(=O)NCC(=O)NCC(N)=O)CCN(c2ccc(OC)cc2)CC1.Cc1c[nH]c2ccccc12. The average molecular weight is 882 g/mol. The van der Waals surface area contributed by atoms with E-state index >= 15 is 0 Å². The van der Waals surface area contributed by atoms with Crippen molar-refractivity contribution < 1.29 is 33.5 Å². The van der Waals surface area contributed by atoms with Crippen molar-refractivity contribution >= 4 is 58.0 Å². The zero-order valence-electron chi connectivity index (χ0n) is 36.9. The molecule has 0 aliphatic carbocycles. The Morgan fingerprint density at radius 2 is 1.50 bits per heavy atom. The average Bonchev–Trinajstić information content (AvgIpc) is 3.68. The number of guanidine groups is 1. The largest absolute Gasteiger partial charge is 0.497 e. The lowest BCUT2D eigenvalue weighted by atomic mass is 9.85. The summed E-state index contributed by atoms with van der Waals surface area (Å²) in [5.41, 5.74) is 18.9. The van der Waals surface area contributed by atoms with Gasteiger partial charge in [0.05, 0.1) is 20.2 Å². The molecule has 1 fully saturated rings. The van der Waals surface area contributed by atoms with Crippen LogP contribution in [0.4, 0.5) is 5.69 Å². The summed E-state index contributed by atoms with van der Waals surface area (Å²) in [4.78, 5) is 87.4. The highest BCUT2D eigenvalue weighted by Crippen LogP contribution is 2.29. The quantitative estimate of drug-likeness (QED) is 0.0333. The van der Waals surface area contributed by atoms with Crippen LogP contribution in [0.5, 0.6) is 5.75 Å². The molecule has 18 heteroatoms. The lowest BCUT2D eigenvalue weighted by Gasteiger charge is -2.42. The van der Waals surface area contributed by atoms with Crippen molar-refractivity contribution in [3.05, 3.63) is 96.2 Å². The summed E-state index contributed by atoms with van der Waals surface area (Å²) >= 11 is 0. The number of hydrogen-bond acceptors (Lipinski definition) is 9. The number of piperidine rings is 1. The molecule has 2 atom stereocenters. The van der Waals surface area contributed by atoms with Gasteiger partial charge in [0.2, 0.25) is 35.4 Å². The number of rotatable bonds is 21. The van der Waals surface area contributed by atoms with Crippen molar-refractivity contribution in [1.29, 1.82) is 0 Å². The number of nitrogens with two attached hydrogens (primary N) is 3. The van der Waals surface area contributed by atoms with E-state index in [0.717, 1.165) is 23.4 Å². The Hall–Kier alpha value is -7.11. The molecule has 0 bridgehead atoms. The van der Waals surface area contributed by atoms with Gasteiger partial charge >= 0.3 is 0 Å². The molecule has 3 aromatic carbocycles. The second kappa shape index (κ2) is 25.1. The molecule has 1 saturated heterocycles. The van der Waals surface area contributed by atoms with Gasteiger partial charge in [0.15, 0.2) is 5.96 Å². The number of aromatic nitrogens is 1. The number of nitrogens with zero attached hydrogens (tertiary/aromatic N) is 2. The van der Waals surface area contributed by atoms with E-state index in [4.69, 9.17) is 21.9 Å². The number of nitrogens with one attached hydrogen (secondary N) is 6. The molecule has 4 aromatic rings. The number of carbonyl (C=O) groups is 6. The molecule has 6 amide bonds. The number of fused-ring (bicyclic) bond motifs is 1. The van der Waals surface area contributed by atoms with Crippen LogP contribution in [0, 0.1) is 6.92 Å². The van der Waals surface area contributed by atoms with Crippen LogP contribution < -0.4 is 53.4 Å². The van der Waals surface area contributed by atoms with Gasteiger partial charge in [-0.15, -0.1) is 0 Å². The van der Waals surface area contributed by atoms with Crippen LogP contribution in [0.3, 0.4) is 0 Å². The van der Waals surface area contributed by atoms with Gasteiger partial charge < -0.3 is 58.4 Å². The number of aliphatic imine (C=N–C) groups is 1. The van der Waals surface area contributed by atoms with E-state index in [9.17, 15) is 28.8 Å². The summed E-state index contributed by atoms with van der Waals surface area (Å²) in [6.07, 6.45) is 4.74. The predicted octanol–water partition coefficient (Wildman–Crippen LogP) is 1.80. The van der Waals surface area contributed by atoms with Crippen molar-refractivity contribution in [2.45, 2.75) is 82.8 Å². The highest BCUT2D eigenvalue weighted by atomic mass is 16.5. The van der Waals surface area contributed by atoms with E-state index in [1.807, 2.05) is 61.7 Å². The molecule has 18 nitrogen and oxygen atoms in total. The number of methoxy groups -OCH3 is 1. The number of carbonyl (C=O) groups excluding carboxylic acids is 6. The Morgan fingerprint density at radius 3 is 2.14 bits per heavy atom. The molecule has 0 spiro atoms. The second-order valence-corrected chi connectivity index (χ2v) is 15.6. The van der Waals surface area contributed by atoms with Gasteiger partial charge in [0.1, 0.15) is 23.4 Å². The molecule has 5 rings (SSSR count). The first-order valence-electron chi connectivity index (χ1n) is 21.5. The topological polar surface area (TPSA) is 281 Å². The fourth-order valence-electron chi connectivity index (χ4n) is 7.17. The van der Waals surface area contributed by atoms with Crippen molar-refractivity contribution in [3.8, 4) is 5.75 Å². The third kappa shape index (κ3) is 15.7. The van der Waals surface area contributed by atoms with Gasteiger partial charge in [0, 0.05) is 55.3 Å². The molecular weight excluding hydrogens is 819 g/mol. The van der Waals surface area contributed by atoms with Crippen molar-refractivity contribution in [2.24, 2.45) is 22.2 Å². The molecule has 1 aliphatic rings. The van der Waals surface area contributed by atoms with Crippen LogP contribution in [0.25, 0.3) is 10.9 Å². The lowest BCUT2D eigenvalue weighted by Crippen LogP contribution is -2.66. The van der Waals surface area contributed by atoms with Crippen LogP contribution in [0.15, 0.2) is 90.1 Å². The number of amides is 6. The zero-order chi connectivity index (χ0) is 46.5. The molecule has 344 valence electrons. The maximum Gasteiger partial charge on any atom is 0.246 e. The Labute approximate surface area is 373 Å². The van der Waals surface area contributed by atoms with E-state index in [1.165, 1.54) is 16.5 Å². The highest BCUT2D eigenvalue weighted by Gasteiger charge is 2.44. The van der Waals surface area contributed by atoms with E-state index < -0.39 is 60.2 Å². The first-order valence-corrected chi connectivity index (χ1v) is 21.5. The number of benzene rings is 3. The summed E-state index contributed by atoms with van der Waals surface area (Å²) in [6.45, 7) is 4.27. The summed E-state index contributed by atoms with van der Waals surface area (Å²) < 4.78 is 5.29. The third-order valence-electron chi connectivity index (χ3n) is 10.8. The fourth-order valence-corrected chi connectivity index (χ4v) is 7.17. The standard InChI is InChI=1S/C37H54N10O7.C9H9N/c1-3-4-12-31(49)46-37(17-20-47(21-18-37)26-13-15-27(54-2)16-14-26)35(53)45-29(22-25-9-6-5-7-10-25)34(52)44-28(11-8-19-41-36(39)40)33(51)43-24-32(50)42-23-30(38)48;1-7-6-10-9-5-3-2-4-8(7)9/h5-7,9-10,13-16,28-29H,3-4,8,11-12,17-24H2,1-2H3,(H2,38,48)(H,42,50)(H,43,51)(H,44,52)(H,45,53)(H,46,49)(H4,39,40,41);2-6,10H,1H3. The normalized spacial score (nSPS) is 13.8. The second-order valence-electron chi connectivity index (χ2n) is 15.6. The first kappa shape index (κ1) is 49.5. The number of anilines is 1. The van der Waals surface area contributed by atoms with E-state index in [2.05, 4.69) is 66.6 Å². The van der Waals surface area contributed by atoms with Crippen molar-refractivity contribution in [1.82, 2.24) is 31.6 Å². The Morgan fingerprint density at radius 1 is 0.812 bits per heavy atom. The fraction of sp³-hybridized carbons (Fsp3) is 0.413. The molecule has 2 unspecified atom stereocenters. The Bertz CT molecular complexity index is 2180. The van der Waals surface area contributed by atoms with Crippen LogP contribution in [0.1, 0.15) is 63.0 Å². The maximum atomic E-state index is 14.4. The summed E-state index contributed by atoms with van der Waals surface area (Å²) in [5, 5.41) is 14.7. The van der Waals surface area contributed by atoms with Gasteiger partial charge in [-0.1, -0.05) is 61.9 Å². The van der Waals surface area contributed by atoms with Crippen LogP contribution >= 0.6 is 0 Å². The number of aromatic amines is 1. The number of unbranched alkanes of at least 4 members (excludes halogenated alkanes) is 1. The molecule has 0 saturated carbocycles. The maximum absolute atomic E-state index is 14.4. The van der Waals surface area contributed by atoms with Crippen molar-refractivity contribution in [2.75, 3.05) is 44.7 Å². The monoisotopic (exact) mass is 881 g/mol. The minimum absolute atomic E-state index is 0.0775. The number of primary amides is 1. The predicted molar refractivity (Wildman–Crippen MR) is 247 cm³/mol. The molecule has 2 heterocycles. The summed E-state index contributed by atoms with van der Waals surface area (Å²) in [6, 6.07) is 22.6. The van der Waals surface area contributed by atoms with Crippen LogP contribution in [0.2, 0.25) is 0 Å². The molecule has 1 aliphatic heterocycles. The van der Waals surface area contributed by atoms with E-state index in [-0.39, 0.29) is 56.9 Å². The van der Waals surface area contributed by atoms with E-state index in [0.29, 0.717) is 19.5 Å². The summed E-state index contributed by atoms with van der Waals surface area (Å²) in [7, 11) is 1.59. The van der Waals surface area contributed by atoms with Gasteiger partial charge in [-0.2, -0.15) is 0 Å². The third-order valence-corrected chi connectivity index (χ3v) is 10.8. The lowest BCUT2D eigenvalue weighted by molar-refractivity contribution is -0.137. The van der Waals surface area contributed by atoms with Gasteiger partial charge in [-0.05, 0) is 80.5 Å². The summed E-state index contributed by atoms with van der Waals surface area (Å²) in [5.74, 6) is -2.95. The Kier molecular flexibility index (Phi) is 19.4. The van der Waals surface area contributed by atoms with Gasteiger partial charge in [-0.25, -0.2) is 0 Å². The molecule has 12 N–H and O–H groups in total.